The normalized spacial score (nSPS) is 10.9. The van der Waals surface area contributed by atoms with Crippen LogP contribution in [-0.2, 0) is 0 Å². The van der Waals surface area contributed by atoms with Gasteiger partial charge < -0.3 is 10.6 Å². The van der Waals surface area contributed by atoms with Gasteiger partial charge in [-0.2, -0.15) is 0 Å². The number of rotatable bonds is 4. The second-order valence-electron chi connectivity index (χ2n) is 7.75. The molecule has 0 atom stereocenters. The summed E-state index contributed by atoms with van der Waals surface area (Å²) in [6.07, 6.45) is 0. The number of thiophene rings is 1. The van der Waals surface area contributed by atoms with Crippen molar-refractivity contribution in [3.8, 4) is 0 Å². The zero-order valence-corrected chi connectivity index (χ0v) is 19.7. The summed E-state index contributed by atoms with van der Waals surface area (Å²) in [4.78, 5) is 32.0. The Bertz CT molecular complexity index is 1380. The zero-order chi connectivity index (χ0) is 23.0. The third-order valence-corrected chi connectivity index (χ3v) is 6.73. The van der Waals surface area contributed by atoms with E-state index in [0.717, 1.165) is 27.8 Å². The van der Waals surface area contributed by atoms with Crippen LogP contribution in [0.1, 0.15) is 42.4 Å². The van der Waals surface area contributed by atoms with E-state index in [1.54, 1.807) is 24.3 Å². The fraction of sp³-hybridized carbons (Fsp3) is 0.160. The molecule has 2 aromatic heterocycles. The number of fused-ring (bicyclic) bond motifs is 1. The van der Waals surface area contributed by atoms with Crippen molar-refractivity contribution in [2.24, 2.45) is 0 Å². The van der Waals surface area contributed by atoms with Crippen LogP contribution < -0.4 is 10.6 Å². The molecule has 0 saturated carbocycles. The monoisotopic (exact) mass is 463 g/mol. The molecule has 2 heterocycles. The van der Waals surface area contributed by atoms with Crippen molar-refractivity contribution in [2.75, 3.05) is 10.6 Å². The summed E-state index contributed by atoms with van der Waals surface area (Å²) in [5.74, 6) is -0.682. The molecule has 0 saturated heterocycles. The predicted molar refractivity (Wildman–Crippen MR) is 132 cm³/mol. The quantitative estimate of drug-likeness (QED) is 0.354. The number of benzene rings is 2. The fourth-order valence-corrected chi connectivity index (χ4v) is 4.92. The van der Waals surface area contributed by atoms with E-state index < -0.39 is 0 Å². The number of hydrogen-bond acceptors (Lipinski definition) is 4. The Kier molecular flexibility index (Phi) is 6.00. The van der Waals surface area contributed by atoms with Gasteiger partial charge in [0.05, 0.1) is 16.3 Å². The SMILES string of the molecule is Cc1cc(C)c2c(NC(=O)c3ccccc3Cl)c(C(=O)Nc3ccc(C)c(C)c3)sc2n1. The Morgan fingerprint density at radius 2 is 1.62 bits per heavy atom. The number of anilines is 2. The van der Waals surface area contributed by atoms with Crippen molar-refractivity contribution < 1.29 is 9.59 Å². The Morgan fingerprint density at radius 3 is 2.34 bits per heavy atom. The van der Waals surface area contributed by atoms with E-state index in [1.165, 1.54) is 11.3 Å². The van der Waals surface area contributed by atoms with Crippen molar-refractivity contribution in [3.63, 3.8) is 0 Å². The third-order valence-electron chi connectivity index (χ3n) is 5.32. The lowest BCUT2D eigenvalue weighted by Gasteiger charge is -2.11. The summed E-state index contributed by atoms with van der Waals surface area (Å²) in [7, 11) is 0. The molecule has 7 heteroatoms. The molecule has 162 valence electrons. The number of aromatic nitrogens is 1. The van der Waals surface area contributed by atoms with Crippen LogP contribution in [0.5, 0.6) is 0 Å². The number of halogens is 1. The molecule has 0 aliphatic heterocycles. The second-order valence-corrected chi connectivity index (χ2v) is 9.16. The molecule has 4 aromatic rings. The molecule has 0 fully saturated rings. The molecule has 2 N–H and O–H groups in total. The molecule has 32 heavy (non-hydrogen) atoms. The van der Waals surface area contributed by atoms with Crippen LogP contribution in [0.2, 0.25) is 5.02 Å². The van der Waals surface area contributed by atoms with Gasteiger partial charge in [-0.05, 0) is 74.7 Å². The maximum atomic E-state index is 13.3. The summed E-state index contributed by atoms with van der Waals surface area (Å²) in [6.45, 7) is 7.87. The first-order valence-corrected chi connectivity index (χ1v) is 11.3. The lowest BCUT2D eigenvalue weighted by atomic mass is 10.1. The van der Waals surface area contributed by atoms with E-state index >= 15 is 0 Å². The first kappa shape index (κ1) is 22.0. The number of carbonyl (C=O) groups is 2. The molecule has 2 aromatic carbocycles. The topological polar surface area (TPSA) is 71.1 Å². The summed E-state index contributed by atoms with van der Waals surface area (Å²) in [5.41, 5.74) is 5.49. The minimum absolute atomic E-state index is 0.303. The molecule has 2 amide bonds. The van der Waals surface area contributed by atoms with Gasteiger partial charge in [-0.3, -0.25) is 9.59 Å². The third kappa shape index (κ3) is 4.24. The van der Waals surface area contributed by atoms with E-state index in [0.29, 0.717) is 31.7 Å². The van der Waals surface area contributed by atoms with Crippen LogP contribution in [0.3, 0.4) is 0 Å². The van der Waals surface area contributed by atoms with Crippen molar-refractivity contribution in [1.29, 1.82) is 0 Å². The highest BCUT2D eigenvalue weighted by molar-refractivity contribution is 7.21. The zero-order valence-electron chi connectivity index (χ0n) is 18.2. The maximum Gasteiger partial charge on any atom is 0.267 e. The van der Waals surface area contributed by atoms with Crippen LogP contribution >= 0.6 is 22.9 Å². The number of amides is 2. The molecular formula is C25H22ClN3O2S. The molecule has 4 rings (SSSR count). The number of carbonyl (C=O) groups excluding carboxylic acids is 2. The molecule has 5 nitrogen and oxygen atoms in total. The molecule has 0 aliphatic carbocycles. The van der Waals surface area contributed by atoms with Crippen molar-refractivity contribution in [1.82, 2.24) is 4.98 Å². The molecule has 0 unspecified atom stereocenters. The predicted octanol–water partition coefficient (Wildman–Crippen LogP) is 6.69. The average molecular weight is 464 g/mol. The van der Waals surface area contributed by atoms with Gasteiger partial charge in [-0.15, -0.1) is 11.3 Å². The first-order valence-electron chi connectivity index (χ1n) is 10.1. The summed E-state index contributed by atoms with van der Waals surface area (Å²) in [5, 5.41) is 6.98. The van der Waals surface area contributed by atoms with Crippen LogP contribution in [0.4, 0.5) is 11.4 Å². The van der Waals surface area contributed by atoms with Gasteiger partial charge in [0.15, 0.2) is 0 Å². The molecule has 0 aliphatic rings. The fourth-order valence-electron chi connectivity index (χ4n) is 3.55. The minimum atomic E-state index is -0.379. The van der Waals surface area contributed by atoms with Gasteiger partial charge in [0, 0.05) is 16.8 Å². The largest absolute Gasteiger partial charge is 0.321 e. The number of nitrogens with one attached hydrogen (secondary N) is 2. The highest BCUT2D eigenvalue weighted by atomic mass is 35.5. The Morgan fingerprint density at radius 1 is 0.875 bits per heavy atom. The van der Waals surface area contributed by atoms with E-state index in [4.69, 9.17) is 11.6 Å². The Labute approximate surface area is 195 Å². The first-order chi connectivity index (χ1) is 15.2. The van der Waals surface area contributed by atoms with E-state index in [2.05, 4.69) is 15.6 Å². The van der Waals surface area contributed by atoms with Crippen LogP contribution in [0, 0.1) is 27.7 Å². The highest BCUT2D eigenvalue weighted by Crippen LogP contribution is 2.38. The van der Waals surface area contributed by atoms with Crippen LogP contribution in [-0.4, -0.2) is 16.8 Å². The van der Waals surface area contributed by atoms with Gasteiger partial charge in [-0.1, -0.05) is 29.8 Å². The Balaban J connectivity index is 1.78. The Hall–Kier alpha value is -3.22. The van der Waals surface area contributed by atoms with Crippen molar-refractivity contribution in [3.05, 3.63) is 86.4 Å². The van der Waals surface area contributed by atoms with Crippen molar-refractivity contribution in [2.45, 2.75) is 27.7 Å². The maximum absolute atomic E-state index is 13.3. The number of aryl methyl sites for hydroxylation is 4. The van der Waals surface area contributed by atoms with Gasteiger partial charge in [0.1, 0.15) is 9.71 Å². The van der Waals surface area contributed by atoms with Gasteiger partial charge >= 0.3 is 0 Å². The van der Waals surface area contributed by atoms with Gasteiger partial charge in [0.2, 0.25) is 0 Å². The van der Waals surface area contributed by atoms with Crippen molar-refractivity contribution >= 4 is 56.3 Å². The second kappa shape index (κ2) is 8.73. The van der Waals surface area contributed by atoms with Gasteiger partial charge in [-0.25, -0.2) is 4.98 Å². The average Bonchev–Trinajstić information content (AvgIpc) is 3.09. The van der Waals surface area contributed by atoms with Crippen LogP contribution in [0.25, 0.3) is 10.2 Å². The van der Waals surface area contributed by atoms with E-state index in [1.807, 2.05) is 52.0 Å². The summed E-state index contributed by atoms with van der Waals surface area (Å²) < 4.78 is 0. The molecule has 0 bridgehead atoms. The molecule has 0 spiro atoms. The van der Waals surface area contributed by atoms with Crippen LogP contribution in [0.15, 0.2) is 48.5 Å². The number of hydrogen-bond donors (Lipinski definition) is 2. The highest BCUT2D eigenvalue weighted by Gasteiger charge is 2.24. The minimum Gasteiger partial charge on any atom is -0.321 e. The standard InChI is InChI=1S/C25H22ClN3O2S/c1-13-9-10-17(12-14(13)2)28-24(31)22-21(20-15(3)11-16(4)27-25(20)32-22)29-23(30)18-7-5-6-8-19(18)26/h5-12H,1-4H3,(H,28,31)(H,29,30). The van der Waals surface area contributed by atoms with E-state index in [-0.39, 0.29) is 11.8 Å². The summed E-state index contributed by atoms with van der Waals surface area (Å²) >= 11 is 7.47. The van der Waals surface area contributed by atoms with E-state index in [9.17, 15) is 9.59 Å². The number of nitrogens with zero attached hydrogens (tertiary/aromatic N) is 1. The number of pyridine rings is 1. The lowest BCUT2D eigenvalue weighted by Crippen LogP contribution is -2.17. The molecular weight excluding hydrogens is 442 g/mol. The lowest BCUT2D eigenvalue weighted by molar-refractivity contribution is 0.102. The summed E-state index contributed by atoms with van der Waals surface area (Å²) in [6, 6.07) is 14.5. The molecule has 0 radical (unpaired) electrons. The van der Waals surface area contributed by atoms with Gasteiger partial charge in [0.25, 0.3) is 11.8 Å². The smallest absolute Gasteiger partial charge is 0.267 e.